The summed E-state index contributed by atoms with van der Waals surface area (Å²) in [5, 5.41) is 3.09. The Labute approximate surface area is 189 Å². The van der Waals surface area contributed by atoms with Gasteiger partial charge in [-0.3, -0.25) is 9.59 Å². The molecule has 1 unspecified atom stereocenters. The van der Waals surface area contributed by atoms with Gasteiger partial charge in [0, 0.05) is 31.8 Å². The molecule has 2 amide bonds. The third kappa shape index (κ3) is 5.49. The van der Waals surface area contributed by atoms with E-state index in [-0.39, 0.29) is 17.4 Å². The van der Waals surface area contributed by atoms with Crippen LogP contribution in [0, 0.1) is 5.92 Å². The standard InChI is InChI=1S/C26H32N2O4/c1-31-23-9-5-6-20(16-23)17-24(29)28-13-11-26(12-14-28)18-21(10-15-32-26)19-27-25(30)22-7-3-2-4-8-22/h2-9,16,21H,10-15,17-19H2,1H3,(H,27,30). The summed E-state index contributed by atoms with van der Waals surface area (Å²) in [4.78, 5) is 27.1. The molecule has 2 aliphatic rings. The number of likely N-dealkylation sites (tertiary alicyclic amines) is 1. The van der Waals surface area contributed by atoms with Crippen molar-refractivity contribution in [3.63, 3.8) is 0 Å². The first-order valence-corrected chi connectivity index (χ1v) is 11.4. The molecule has 0 saturated carbocycles. The van der Waals surface area contributed by atoms with Gasteiger partial charge in [0.15, 0.2) is 0 Å². The van der Waals surface area contributed by atoms with Gasteiger partial charge in [-0.05, 0) is 61.4 Å². The first kappa shape index (κ1) is 22.3. The third-order valence-electron chi connectivity index (χ3n) is 6.70. The lowest BCUT2D eigenvalue weighted by atomic mass is 9.79. The second kappa shape index (κ2) is 10.2. The molecule has 2 aromatic carbocycles. The van der Waals surface area contributed by atoms with Gasteiger partial charge in [0.1, 0.15) is 5.75 Å². The molecule has 2 saturated heterocycles. The Kier molecular flexibility index (Phi) is 7.10. The van der Waals surface area contributed by atoms with Crippen molar-refractivity contribution in [1.82, 2.24) is 10.2 Å². The zero-order valence-corrected chi connectivity index (χ0v) is 18.7. The van der Waals surface area contributed by atoms with Crippen molar-refractivity contribution in [2.75, 3.05) is 33.4 Å². The molecular formula is C26H32N2O4. The molecule has 6 nitrogen and oxygen atoms in total. The molecular weight excluding hydrogens is 404 g/mol. The van der Waals surface area contributed by atoms with Gasteiger partial charge < -0.3 is 19.7 Å². The van der Waals surface area contributed by atoms with Crippen molar-refractivity contribution in [2.45, 2.75) is 37.7 Å². The smallest absolute Gasteiger partial charge is 0.251 e. The van der Waals surface area contributed by atoms with E-state index in [4.69, 9.17) is 9.47 Å². The molecule has 1 spiro atoms. The molecule has 6 heteroatoms. The van der Waals surface area contributed by atoms with Gasteiger partial charge in [-0.1, -0.05) is 30.3 Å². The molecule has 32 heavy (non-hydrogen) atoms. The van der Waals surface area contributed by atoms with Crippen LogP contribution < -0.4 is 10.1 Å². The molecule has 4 rings (SSSR count). The van der Waals surface area contributed by atoms with E-state index >= 15 is 0 Å². The number of carbonyl (C=O) groups is 2. The minimum atomic E-state index is -0.173. The van der Waals surface area contributed by atoms with E-state index in [0.29, 0.717) is 44.1 Å². The quantitative estimate of drug-likeness (QED) is 0.753. The number of ether oxygens (including phenoxy) is 2. The van der Waals surface area contributed by atoms with Gasteiger partial charge in [-0.15, -0.1) is 0 Å². The minimum absolute atomic E-state index is 0.0240. The maximum Gasteiger partial charge on any atom is 0.251 e. The lowest BCUT2D eigenvalue weighted by Crippen LogP contribution is -2.52. The average Bonchev–Trinajstić information content (AvgIpc) is 2.84. The molecule has 1 atom stereocenters. The van der Waals surface area contributed by atoms with Crippen LogP contribution in [0.3, 0.4) is 0 Å². The molecule has 2 heterocycles. The van der Waals surface area contributed by atoms with Crippen molar-refractivity contribution in [2.24, 2.45) is 5.92 Å². The molecule has 170 valence electrons. The summed E-state index contributed by atoms with van der Waals surface area (Å²) in [6.45, 7) is 2.80. The fourth-order valence-corrected chi connectivity index (χ4v) is 4.81. The second-order valence-electron chi connectivity index (χ2n) is 8.88. The van der Waals surface area contributed by atoms with Crippen LogP contribution in [0.2, 0.25) is 0 Å². The van der Waals surface area contributed by atoms with Gasteiger partial charge in [-0.2, -0.15) is 0 Å². The SMILES string of the molecule is COc1cccc(CC(=O)N2CCC3(CC2)CC(CNC(=O)c2ccccc2)CCO3)c1. The van der Waals surface area contributed by atoms with Gasteiger partial charge >= 0.3 is 0 Å². The lowest BCUT2D eigenvalue weighted by Gasteiger charge is -2.46. The molecule has 0 aliphatic carbocycles. The summed E-state index contributed by atoms with van der Waals surface area (Å²) in [6, 6.07) is 17.0. The Balaban J connectivity index is 1.26. The van der Waals surface area contributed by atoms with Crippen LogP contribution in [-0.4, -0.2) is 55.7 Å². The van der Waals surface area contributed by atoms with Crippen LogP contribution in [0.1, 0.15) is 41.6 Å². The first-order chi connectivity index (χ1) is 15.6. The lowest BCUT2D eigenvalue weighted by molar-refractivity contribution is -0.146. The van der Waals surface area contributed by atoms with Gasteiger partial charge in [0.25, 0.3) is 5.91 Å². The van der Waals surface area contributed by atoms with Crippen LogP contribution in [0.15, 0.2) is 54.6 Å². The second-order valence-corrected chi connectivity index (χ2v) is 8.88. The fraction of sp³-hybridized carbons (Fsp3) is 0.462. The largest absolute Gasteiger partial charge is 0.497 e. The van der Waals surface area contributed by atoms with Crippen molar-refractivity contribution in [1.29, 1.82) is 0 Å². The highest BCUT2D eigenvalue weighted by atomic mass is 16.5. The summed E-state index contributed by atoms with van der Waals surface area (Å²) in [5.41, 5.74) is 1.49. The zero-order chi connectivity index (χ0) is 22.4. The van der Waals surface area contributed by atoms with Crippen molar-refractivity contribution >= 4 is 11.8 Å². The van der Waals surface area contributed by atoms with E-state index in [1.54, 1.807) is 7.11 Å². The van der Waals surface area contributed by atoms with E-state index in [1.165, 1.54) is 0 Å². The predicted molar refractivity (Wildman–Crippen MR) is 123 cm³/mol. The zero-order valence-electron chi connectivity index (χ0n) is 18.7. The van der Waals surface area contributed by atoms with Crippen LogP contribution in [-0.2, 0) is 16.0 Å². The van der Waals surface area contributed by atoms with Gasteiger partial charge in [0.05, 0.1) is 19.1 Å². The maximum atomic E-state index is 12.8. The number of methoxy groups -OCH3 is 1. The molecule has 2 fully saturated rings. The Morgan fingerprint density at radius 3 is 2.66 bits per heavy atom. The number of rotatable bonds is 6. The predicted octanol–water partition coefficient (Wildman–Crippen LogP) is 3.46. The van der Waals surface area contributed by atoms with E-state index in [9.17, 15) is 9.59 Å². The number of benzene rings is 2. The Hall–Kier alpha value is -2.86. The van der Waals surface area contributed by atoms with Gasteiger partial charge in [0.2, 0.25) is 5.91 Å². The molecule has 2 aliphatic heterocycles. The van der Waals surface area contributed by atoms with Crippen LogP contribution in [0.4, 0.5) is 0 Å². The molecule has 2 aromatic rings. The summed E-state index contributed by atoms with van der Waals surface area (Å²) in [7, 11) is 1.63. The van der Waals surface area contributed by atoms with E-state index in [2.05, 4.69) is 5.32 Å². The summed E-state index contributed by atoms with van der Waals surface area (Å²) < 4.78 is 11.5. The number of amides is 2. The summed E-state index contributed by atoms with van der Waals surface area (Å²) in [6.07, 6.45) is 3.97. The highest BCUT2D eigenvalue weighted by Gasteiger charge is 2.41. The van der Waals surface area contributed by atoms with Crippen LogP contribution in [0.5, 0.6) is 5.75 Å². The topological polar surface area (TPSA) is 67.9 Å². The summed E-state index contributed by atoms with van der Waals surface area (Å²) >= 11 is 0. The number of hydrogen-bond acceptors (Lipinski definition) is 4. The normalized spacial score (nSPS) is 20.0. The number of hydrogen-bond donors (Lipinski definition) is 1. The first-order valence-electron chi connectivity index (χ1n) is 11.4. The van der Waals surface area contributed by atoms with Gasteiger partial charge in [-0.25, -0.2) is 0 Å². The molecule has 0 aromatic heterocycles. The molecule has 0 bridgehead atoms. The van der Waals surface area contributed by atoms with E-state index < -0.39 is 0 Å². The highest BCUT2D eigenvalue weighted by Crippen LogP contribution is 2.37. The number of carbonyl (C=O) groups excluding carboxylic acids is 2. The Morgan fingerprint density at radius 1 is 1.12 bits per heavy atom. The van der Waals surface area contributed by atoms with Crippen molar-refractivity contribution in [3.8, 4) is 5.75 Å². The van der Waals surface area contributed by atoms with Crippen LogP contribution >= 0.6 is 0 Å². The number of nitrogens with one attached hydrogen (secondary N) is 1. The van der Waals surface area contributed by atoms with Crippen molar-refractivity contribution in [3.05, 3.63) is 65.7 Å². The number of piperidine rings is 1. The van der Waals surface area contributed by atoms with Crippen LogP contribution in [0.25, 0.3) is 0 Å². The Bertz CT molecular complexity index is 922. The van der Waals surface area contributed by atoms with E-state index in [1.807, 2.05) is 59.5 Å². The molecule has 1 N–H and O–H groups in total. The Morgan fingerprint density at radius 2 is 1.91 bits per heavy atom. The maximum absolute atomic E-state index is 12.8. The van der Waals surface area contributed by atoms with E-state index in [0.717, 1.165) is 37.0 Å². The average molecular weight is 437 g/mol. The number of nitrogens with zero attached hydrogens (tertiary/aromatic N) is 1. The highest BCUT2D eigenvalue weighted by molar-refractivity contribution is 5.94. The monoisotopic (exact) mass is 436 g/mol. The molecule has 0 radical (unpaired) electrons. The van der Waals surface area contributed by atoms with Crippen molar-refractivity contribution < 1.29 is 19.1 Å². The summed E-state index contributed by atoms with van der Waals surface area (Å²) in [5.74, 6) is 1.30. The minimum Gasteiger partial charge on any atom is -0.497 e. The third-order valence-corrected chi connectivity index (χ3v) is 6.70. The fourth-order valence-electron chi connectivity index (χ4n) is 4.81.